The van der Waals surface area contributed by atoms with Gasteiger partial charge in [0.15, 0.2) is 0 Å². The Kier molecular flexibility index (Phi) is 5.32. The molecule has 4 aromatic carbocycles. The molecule has 5 heteroatoms. The zero-order valence-electron chi connectivity index (χ0n) is 18.2. The van der Waals surface area contributed by atoms with Crippen molar-refractivity contribution >= 4 is 11.8 Å². The fraction of sp³-hybridized carbons (Fsp3) is 0.111. The highest BCUT2D eigenvalue weighted by molar-refractivity contribution is 7.99. The zero-order chi connectivity index (χ0) is 22.6. The quantitative estimate of drug-likeness (QED) is 0.349. The Morgan fingerprint density at radius 1 is 0.844 bits per heavy atom. The molecular formula is C27H22O4S. The molecule has 0 aliphatic carbocycles. The Hall–Kier alpha value is -3.57. The van der Waals surface area contributed by atoms with Gasteiger partial charge < -0.3 is 19.7 Å². The highest BCUT2D eigenvalue weighted by Gasteiger charge is 2.33. The number of hydrogen-bond donors (Lipinski definition) is 2. The molecule has 0 fully saturated rings. The van der Waals surface area contributed by atoms with Gasteiger partial charge in [-0.15, -0.1) is 11.8 Å². The van der Waals surface area contributed by atoms with E-state index in [2.05, 4.69) is 5.11 Å². The van der Waals surface area contributed by atoms with Crippen LogP contribution in [0.3, 0.4) is 0 Å². The van der Waals surface area contributed by atoms with E-state index < -0.39 is 0 Å². The van der Waals surface area contributed by atoms with Crippen molar-refractivity contribution in [3.63, 3.8) is 0 Å². The Labute approximate surface area is 192 Å². The van der Waals surface area contributed by atoms with E-state index in [1.165, 1.54) is 0 Å². The van der Waals surface area contributed by atoms with Crippen LogP contribution in [0.1, 0.15) is 28.0 Å². The third-order valence-electron chi connectivity index (χ3n) is 5.38. The maximum atomic E-state index is 9.73. The molecule has 160 valence electrons. The summed E-state index contributed by atoms with van der Waals surface area (Å²) in [7, 11) is 0. The van der Waals surface area contributed by atoms with Gasteiger partial charge in [-0.3, -0.25) is 0 Å². The number of phenolic OH excluding ortho intramolecular Hbond substituents is 2. The van der Waals surface area contributed by atoms with Crippen molar-refractivity contribution in [1.29, 1.82) is 1.43 Å². The molecule has 5 rings (SSSR count). The van der Waals surface area contributed by atoms with Gasteiger partial charge in [0.2, 0.25) is 0 Å². The topological polar surface area (TPSA) is 58.9 Å². The molecule has 2 N–H and O–H groups in total. The van der Waals surface area contributed by atoms with Crippen molar-refractivity contribution in [2.24, 2.45) is 0 Å². The molecule has 2 atom stereocenters. The van der Waals surface area contributed by atoms with Crippen LogP contribution in [0, 0.1) is 0 Å². The average molecular weight is 445 g/mol. The predicted molar refractivity (Wildman–Crippen MR) is 125 cm³/mol. The minimum absolute atomic E-state index is 0.0359. The van der Waals surface area contributed by atoms with E-state index in [-0.39, 0.29) is 17.1 Å². The molecule has 0 amide bonds. The first-order valence-corrected chi connectivity index (χ1v) is 11.2. The third-order valence-corrected chi connectivity index (χ3v) is 6.72. The molecule has 4 aromatic rings. The number of phenols is 2. The molecule has 0 spiro atoms. The van der Waals surface area contributed by atoms with Crippen LogP contribution < -0.4 is 9.47 Å². The Morgan fingerprint density at radius 3 is 2.31 bits per heavy atom. The molecule has 0 radical (unpaired) electrons. The maximum Gasteiger partial charge on any atom is 0.293 e. The van der Waals surface area contributed by atoms with Gasteiger partial charge in [-0.2, -0.15) is 0 Å². The zero-order valence-corrected chi connectivity index (χ0v) is 18.0. The lowest BCUT2D eigenvalue weighted by Gasteiger charge is -2.34. The first-order chi connectivity index (χ1) is 16.2. The van der Waals surface area contributed by atoms with E-state index in [0.29, 0.717) is 12.4 Å². The van der Waals surface area contributed by atoms with E-state index in [0.717, 1.165) is 33.1 Å². The number of thioether (sulfide) groups is 1. The number of aromatic hydroxyl groups is 2. The Bertz CT molecular complexity index is 1210. The summed E-state index contributed by atoms with van der Waals surface area (Å²) in [5.41, 5.74) is 3.14. The van der Waals surface area contributed by atoms with Crippen molar-refractivity contribution in [1.82, 2.24) is 0 Å². The second-order valence-electron chi connectivity index (χ2n) is 7.62. The number of hydrogen-bond acceptors (Lipinski definition) is 5. The largest absolute Gasteiger partial charge is 0.508 e. The summed E-state index contributed by atoms with van der Waals surface area (Å²) < 4.78 is 19.6. The molecule has 0 saturated carbocycles. The minimum Gasteiger partial charge on any atom is -0.508 e. The summed E-state index contributed by atoms with van der Waals surface area (Å²) in [6.45, 7) is 0.499. The maximum absolute atomic E-state index is 9.73. The van der Waals surface area contributed by atoms with E-state index in [1.807, 2.05) is 72.8 Å². The molecule has 32 heavy (non-hydrogen) atoms. The number of benzene rings is 4. The van der Waals surface area contributed by atoms with Gasteiger partial charge in [-0.25, -0.2) is 0 Å². The van der Waals surface area contributed by atoms with Crippen LogP contribution in [-0.4, -0.2) is 11.6 Å². The first kappa shape index (κ1) is 19.1. The van der Waals surface area contributed by atoms with Crippen molar-refractivity contribution in [3.05, 3.63) is 114 Å². The van der Waals surface area contributed by atoms with Crippen molar-refractivity contribution < 1.29 is 19.7 Å². The summed E-state index contributed by atoms with van der Waals surface area (Å²) in [5.74, 6) is 2.29. The predicted octanol–water partition coefficient (Wildman–Crippen LogP) is 6.64. The fourth-order valence-electron chi connectivity index (χ4n) is 3.71. The molecular weight excluding hydrogens is 420 g/mol. The molecule has 0 unspecified atom stereocenters. The normalized spacial score (nSPS) is 17.6. The van der Waals surface area contributed by atoms with E-state index in [4.69, 9.17) is 10.9 Å². The van der Waals surface area contributed by atoms with E-state index >= 15 is 0 Å². The SMILES string of the molecule is [3H]Oc1ccc([C@@H]2Sc3cc(OCc4ccccc4)ccc3O[C@@H]2c2ccc(O)cc2)cc1. The highest BCUT2D eigenvalue weighted by Crippen LogP contribution is 2.54. The summed E-state index contributed by atoms with van der Waals surface area (Å²) in [6, 6.07) is 30.6. The highest BCUT2D eigenvalue weighted by atomic mass is 32.2. The van der Waals surface area contributed by atoms with Crippen LogP contribution in [0.4, 0.5) is 0 Å². The van der Waals surface area contributed by atoms with Gasteiger partial charge in [0.1, 0.15) is 35.7 Å². The van der Waals surface area contributed by atoms with Crippen LogP contribution in [-0.2, 0) is 6.61 Å². The van der Waals surface area contributed by atoms with Crippen LogP contribution in [0.5, 0.6) is 23.0 Å². The molecule has 4 nitrogen and oxygen atoms in total. The molecule has 1 aliphatic rings. The van der Waals surface area contributed by atoms with Gasteiger partial charge in [0.25, 0.3) is 1.43 Å². The van der Waals surface area contributed by atoms with Gasteiger partial charge in [0.05, 0.1) is 10.1 Å². The lowest BCUT2D eigenvalue weighted by Crippen LogP contribution is -2.19. The van der Waals surface area contributed by atoms with Crippen molar-refractivity contribution in [2.45, 2.75) is 22.9 Å². The fourth-order valence-corrected chi connectivity index (χ4v) is 5.03. The van der Waals surface area contributed by atoms with Crippen molar-refractivity contribution in [3.8, 4) is 23.0 Å². The second-order valence-corrected chi connectivity index (χ2v) is 8.80. The number of fused-ring (bicyclic) bond motifs is 1. The monoisotopic (exact) mass is 444 g/mol. The summed E-state index contributed by atoms with van der Waals surface area (Å²) >= 11 is 1.71. The number of rotatable bonds is 6. The molecule has 1 aliphatic heterocycles. The Balaban J connectivity index is 1.44. The van der Waals surface area contributed by atoms with Gasteiger partial charge >= 0.3 is 0 Å². The lowest BCUT2D eigenvalue weighted by molar-refractivity contribution is 0.190. The van der Waals surface area contributed by atoms with Gasteiger partial charge in [-0.05, 0) is 59.2 Å². The van der Waals surface area contributed by atoms with Gasteiger partial charge in [0, 0.05) is 0 Å². The van der Waals surface area contributed by atoms with Crippen LogP contribution in [0.25, 0.3) is 0 Å². The smallest absolute Gasteiger partial charge is 0.293 e. The molecule has 1 heterocycles. The van der Waals surface area contributed by atoms with E-state index in [9.17, 15) is 5.11 Å². The van der Waals surface area contributed by atoms with Crippen molar-refractivity contribution in [2.75, 3.05) is 0 Å². The Morgan fingerprint density at radius 2 is 1.56 bits per heavy atom. The van der Waals surface area contributed by atoms with Crippen LogP contribution in [0.2, 0.25) is 0 Å². The summed E-state index contributed by atoms with van der Waals surface area (Å²) in [4.78, 5) is 1.00. The third kappa shape index (κ3) is 4.39. The minimum atomic E-state index is -0.248. The van der Waals surface area contributed by atoms with Crippen LogP contribution >= 0.6 is 11.8 Å². The average Bonchev–Trinajstić information content (AvgIpc) is 2.88. The lowest BCUT2D eigenvalue weighted by atomic mass is 10.00. The standard InChI is InChI=1S/C27H22O4S/c28-21-10-6-19(7-11-21)26-27(20-8-12-22(29)13-9-20)32-25-16-23(14-15-24(25)31-26)30-17-18-4-2-1-3-5-18/h1-16,26-29H,17H2/t26-,27+/m1/s1/i/hT. The first-order valence-electron chi connectivity index (χ1n) is 10.8. The molecule has 0 bridgehead atoms. The van der Waals surface area contributed by atoms with Gasteiger partial charge in [-0.1, -0.05) is 54.6 Å². The molecule has 0 saturated heterocycles. The second kappa shape index (κ2) is 8.89. The van der Waals surface area contributed by atoms with E-state index in [1.54, 1.807) is 36.0 Å². The number of ether oxygens (including phenoxy) is 2. The molecule has 0 aromatic heterocycles. The summed E-state index contributed by atoms with van der Waals surface area (Å²) in [6.07, 6.45) is -0.248. The summed E-state index contributed by atoms with van der Waals surface area (Å²) in [5, 5.41) is 14.3. The van der Waals surface area contributed by atoms with Crippen LogP contribution in [0.15, 0.2) is 102 Å².